The number of aromatic nitrogens is 2. The van der Waals surface area contributed by atoms with Crippen LogP contribution in [0.1, 0.15) is 32.3 Å². The lowest BCUT2D eigenvalue weighted by Gasteiger charge is -2.32. The number of piperidine rings is 1. The Hall–Kier alpha value is -2.28. The van der Waals surface area contributed by atoms with Crippen LogP contribution in [0, 0.1) is 12.8 Å². The molecule has 1 atom stereocenters. The molecule has 0 aliphatic carbocycles. The first kappa shape index (κ1) is 20.5. The van der Waals surface area contributed by atoms with Crippen molar-refractivity contribution >= 4 is 23.6 Å². The van der Waals surface area contributed by atoms with Gasteiger partial charge >= 0.3 is 5.97 Å². The normalized spacial score (nSPS) is 16.0. The maximum absolute atomic E-state index is 12.9. The smallest absolute Gasteiger partial charge is 0.309 e. The second-order valence-electron chi connectivity index (χ2n) is 6.98. The molecule has 3 rings (SSSR count). The molecule has 1 amide bonds. The van der Waals surface area contributed by atoms with E-state index in [1.54, 1.807) is 6.20 Å². The van der Waals surface area contributed by atoms with E-state index in [1.165, 1.54) is 11.8 Å². The second-order valence-corrected chi connectivity index (χ2v) is 8.29. The van der Waals surface area contributed by atoms with E-state index in [4.69, 9.17) is 4.74 Å². The van der Waals surface area contributed by atoms with Gasteiger partial charge in [0.05, 0.1) is 23.5 Å². The predicted octanol–water partition coefficient (Wildman–Crippen LogP) is 3.46. The number of carbonyl (C=O) groups is 2. The van der Waals surface area contributed by atoms with Crippen LogP contribution in [0.15, 0.2) is 41.8 Å². The van der Waals surface area contributed by atoms with Gasteiger partial charge in [-0.05, 0) is 45.2 Å². The summed E-state index contributed by atoms with van der Waals surface area (Å²) in [5.74, 6) is -0.143. The molecule has 6 nitrogen and oxygen atoms in total. The molecular formula is C21H27N3O3S. The Balaban J connectivity index is 1.61. The van der Waals surface area contributed by atoms with Crippen molar-refractivity contribution in [2.45, 2.75) is 44.0 Å². The lowest BCUT2D eigenvalue weighted by molar-refractivity contribution is -0.151. The summed E-state index contributed by atoms with van der Waals surface area (Å²) in [5.41, 5.74) is 2.22. The molecule has 0 spiro atoms. The van der Waals surface area contributed by atoms with Crippen LogP contribution in [0.3, 0.4) is 0 Å². The molecule has 2 heterocycles. The quantitative estimate of drug-likeness (QED) is 0.548. The summed E-state index contributed by atoms with van der Waals surface area (Å²) in [4.78, 5) is 31.1. The minimum Gasteiger partial charge on any atom is -0.466 e. The summed E-state index contributed by atoms with van der Waals surface area (Å²) in [5, 5.41) is 0.556. The highest BCUT2D eigenvalue weighted by Gasteiger charge is 2.30. The van der Waals surface area contributed by atoms with Crippen molar-refractivity contribution in [2.75, 3.05) is 19.7 Å². The van der Waals surface area contributed by atoms with E-state index in [0.717, 1.165) is 16.4 Å². The van der Waals surface area contributed by atoms with Crippen molar-refractivity contribution in [3.05, 3.63) is 42.2 Å². The first-order valence-corrected chi connectivity index (χ1v) is 10.6. The largest absolute Gasteiger partial charge is 0.466 e. The fourth-order valence-electron chi connectivity index (χ4n) is 3.46. The number of hydrogen-bond donors (Lipinski definition) is 0. The number of hydrogen-bond acceptors (Lipinski definition) is 5. The lowest BCUT2D eigenvalue weighted by Crippen LogP contribution is -2.43. The molecule has 0 N–H and O–H groups in total. The molecule has 0 saturated carbocycles. The number of ether oxygens (including phenoxy) is 1. The molecule has 1 aromatic heterocycles. The zero-order valence-corrected chi connectivity index (χ0v) is 17.4. The fourth-order valence-corrected chi connectivity index (χ4v) is 4.42. The van der Waals surface area contributed by atoms with E-state index in [2.05, 4.69) is 18.0 Å². The number of esters is 1. The van der Waals surface area contributed by atoms with Crippen molar-refractivity contribution in [3.63, 3.8) is 0 Å². The Morgan fingerprint density at radius 1 is 1.29 bits per heavy atom. The van der Waals surface area contributed by atoms with Gasteiger partial charge in [0.2, 0.25) is 5.91 Å². The zero-order chi connectivity index (χ0) is 20.1. The van der Waals surface area contributed by atoms with Crippen molar-refractivity contribution in [2.24, 2.45) is 5.92 Å². The molecule has 1 saturated heterocycles. The average Bonchev–Trinajstić information content (AvgIpc) is 3.16. The molecule has 1 aliphatic heterocycles. The summed E-state index contributed by atoms with van der Waals surface area (Å²) < 4.78 is 7.13. The minimum atomic E-state index is -0.246. The first-order chi connectivity index (χ1) is 13.5. The number of thioether (sulfide) groups is 1. The van der Waals surface area contributed by atoms with E-state index in [0.29, 0.717) is 32.5 Å². The minimum absolute atomic E-state index is 0.0895. The molecule has 1 aromatic carbocycles. The summed E-state index contributed by atoms with van der Waals surface area (Å²) >= 11 is 1.47. The number of benzene rings is 1. The highest BCUT2D eigenvalue weighted by molar-refractivity contribution is 8.00. The fraction of sp³-hybridized carbons (Fsp3) is 0.476. The van der Waals surface area contributed by atoms with Crippen molar-refractivity contribution in [3.8, 4) is 5.69 Å². The van der Waals surface area contributed by atoms with Crippen LogP contribution in [0.4, 0.5) is 0 Å². The van der Waals surface area contributed by atoms with E-state index < -0.39 is 0 Å². The maximum Gasteiger partial charge on any atom is 0.309 e. The number of rotatable bonds is 6. The van der Waals surface area contributed by atoms with Crippen LogP contribution in [0.5, 0.6) is 0 Å². The molecule has 0 radical (unpaired) electrons. The SMILES string of the molecule is CCOC(=O)C1CCN(C(=O)[C@@H](C)Sc2nccn2-c2ccccc2C)CC1. The van der Waals surface area contributed by atoms with Gasteiger partial charge in [-0.2, -0.15) is 0 Å². The summed E-state index contributed by atoms with van der Waals surface area (Å²) in [7, 11) is 0. The van der Waals surface area contributed by atoms with E-state index >= 15 is 0 Å². The molecule has 150 valence electrons. The monoisotopic (exact) mass is 401 g/mol. The van der Waals surface area contributed by atoms with Gasteiger partial charge in [0.15, 0.2) is 5.16 Å². The topological polar surface area (TPSA) is 64.4 Å². The molecule has 2 aromatic rings. The van der Waals surface area contributed by atoms with Crippen LogP contribution < -0.4 is 0 Å². The highest BCUT2D eigenvalue weighted by atomic mass is 32.2. The van der Waals surface area contributed by atoms with Gasteiger partial charge in [-0.25, -0.2) is 4.98 Å². The van der Waals surface area contributed by atoms with E-state index in [-0.39, 0.29) is 23.0 Å². The van der Waals surface area contributed by atoms with Crippen LogP contribution in [-0.2, 0) is 14.3 Å². The molecule has 1 fully saturated rings. The predicted molar refractivity (Wildman–Crippen MR) is 110 cm³/mol. The van der Waals surface area contributed by atoms with Gasteiger partial charge in [0.25, 0.3) is 0 Å². The number of para-hydroxylation sites is 1. The number of imidazole rings is 1. The standard InChI is InChI=1S/C21H27N3O3S/c1-4-27-20(26)17-9-12-23(13-10-17)19(25)16(3)28-21-22-11-14-24(21)18-8-6-5-7-15(18)2/h5-8,11,14,16-17H,4,9-10,12-13H2,1-3H3/t16-/m1/s1. The van der Waals surface area contributed by atoms with Crippen molar-refractivity contribution < 1.29 is 14.3 Å². The van der Waals surface area contributed by atoms with E-state index in [9.17, 15) is 9.59 Å². The molecule has 0 bridgehead atoms. The van der Waals surface area contributed by atoms with Crippen LogP contribution in [0.2, 0.25) is 0 Å². The third-order valence-electron chi connectivity index (χ3n) is 5.04. The van der Waals surface area contributed by atoms with Gasteiger partial charge < -0.3 is 9.64 Å². The Kier molecular flexibility index (Phi) is 6.78. The Labute approximate surface area is 170 Å². The van der Waals surface area contributed by atoms with Gasteiger partial charge in [-0.3, -0.25) is 14.2 Å². The Morgan fingerprint density at radius 3 is 2.68 bits per heavy atom. The van der Waals surface area contributed by atoms with Crippen molar-refractivity contribution in [1.29, 1.82) is 0 Å². The van der Waals surface area contributed by atoms with Crippen molar-refractivity contribution in [1.82, 2.24) is 14.5 Å². The van der Waals surface area contributed by atoms with Gasteiger partial charge in [-0.15, -0.1) is 0 Å². The third-order valence-corrected chi connectivity index (χ3v) is 6.11. The number of nitrogens with zero attached hydrogens (tertiary/aromatic N) is 3. The summed E-state index contributed by atoms with van der Waals surface area (Å²) in [6, 6.07) is 8.12. The summed E-state index contributed by atoms with van der Waals surface area (Å²) in [6.07, 6.45) is 5.02. The first-order valence-electron chi connectivity index (χ1n) is 9.72. The Morgan fingerprint density at radius 2 is 2.00 bits per heavy atom. The van der Waals surface area contributed by atoms with Gasteiger partial charge in [0.1, 0.15) is 0 Å². The van der Waals surface area contributed by atoms with Gasteiger partial charge in [-0.1, -0.05) is 30.0 Å². The number of likely N-dealkylation sites (tertiary alicyclic amines) is 1. The molecule has 28 heavy (non-hydrogen) atoms. The molecular weight excluding hydrogens is 374 g/mol. The second kappa shape index (κ2) is 9.28. The highest BCUT2D eigenvalue weighted by Crippen LogP contribution is 2.28. The van der Waals surface area contributed by atoms with Crippen LogP contribution >= 0.6 is 11.8 Å². The van der Waals surface area contributed by atoms with Crippen LogP contribution in [-0.4, -0.2) is 51.3 Å². The zero-order valence-electron chi connectivity index (χ0n) is 16.6. The summed E-state index contributed by atoms with van der Waals surface area (Å²) in [6.45, 7) is 7.39. The maximum atomic E-state index is 12.9. The number of amides is 1. The lowest BCUT2D eigenvalue weighted by atomic mass is 9.97. The molecule has 0 unspecified atom stereocenters. The number of carbonyl (C=O) groups excluding carboxylic acids is 2. The average molecular weight is 402 g/mol. The van der Waals surface area contributed by atoms with Gasteiger partial charge in [0, 0.05) is 25.5 Å². The van der Waals surface area contributed by atoms with E-state index in [1.807, 2.05) is 47.7 Å². The third kappa shape index (κ3) is 4.58. The van der Waals surface area contributed by atoms with Crippen LogP contribution in [0.25, 0.3) is 5.69 Å². The molecule has 1 aliphatic rings. The molecule has 7 heteroatoms. The Bertz CT molecular complexity index is 828. The number of aryl methyl sites for hydroxylation is 1.